The molecule has 0 bridgehead atoms. The standard InChI is InChI=1S/C51H33N3O/c1-3-11-34(12-4-1)36-21-25-38(26-22-36)49-52-50(39-27-23-37(24-28-39)35-13-5-2-6-14-35)54-51(53-49)44-18-10-17-42(32-44)40-15-9-16-41(31-40)43-29-30-46-45-19-7-8-20-47(45)55-48(46)33-43/h1-33H. The van der Waals surface area contributed by atoms with Gasteiger partial charge in [0.25, 0.3) is 0 Å². The molecule has 55 heavy (non-hydrogen) atoms. The monoisotopic (exact) mass is 703 g/mol. The van der Waals surface area contributed by atoms with Crippen LogP contribution in [0.3, 0.4) is 0 Å². The van der Waals surface area contributed by atoms with Gasteiger partial charge in [-0.2, -0.15) is 0 Å². The van der Waals surface area contributed by atoms with E-state index in [2.05, 4.69) is 170 Å². The number of para-hydroxylation sites is 1. The van der Waals surface area contributed by atoms with Crippen molar-refractivity contribution in [3.05, 3.63) is 200 Å². The summed E-state index contributed by atoms with van der Waals surface area (Å²) >= 11 is 0. The van der Waals surface area contributed by atoms with Gasteiger partial charge < -0.3 is 4.42 Å². The topological polar surface area (TPSA) is 51.8 Å². The van der Waals surface area contributed by atoms with E-state index in [-0.39, 0.29) is 0 Å². The highest BCUT2D eigenvalue weighted by molar-refractivity contribution is 6.05. The molecule has 0 saturated heterocycles. The number of benzene rings is 8. The number of aromatic nitrogens is 3. The van der Waals surface area contributed by atoms with Crippen LogP contribution in [0.1, 0.15) is 0 Å². The highest BCUT2D eigenvalue weighted by Crippen LogP contribution is 2.35. The Kier molecular flexibility index (Phi) is 8.12. The van der Waals surface area contributed by atoms with E-state index in [1.54, 1.807) is 0 Å². The van der Waals surface area contributed by atoms with Gasteiger partial charge in [-0.1, -0.05) is 170 Å². The lowest BCUT2D eigenvalue weighted by Gasteiger charge is -2.11. The second kappa shape index (κ2) is 13.8. The number of fused-ring (bicyclic) bond motifs is 3. The van der Waals surface area contributed by atoms with Gasteiger partial charge in [-0.3, -0.25) is 0 Å². The first-order chi connectivity index (χ1) is 27.2. The van der Waals surface area contributed by atoms with Crippen molar-refractivity contribution in [2.24, 2.45) is 0 Å². The van der Waals surface area contributed by atoms with E-state index in [1.807, 2.05) is 30.3 Å². The summed E-state index contributed by atoms with van der Waals surface area (Å²) in [6, 6.07) is 69.4. The summed E-state index contributed by atoms with van der Waals surface area (Å²) in [6.45, 7) is 0. The van der Waals surface area contributed by atoms with Gasteiger partial charge >= 0.3 is 0 Å². The van der Waals surface area contributed by atoms with Crippen molar-refractivity contribution >= 4 is 21.9 Å². The van der Waals surface area contributed by atoms with Crippen LogP contribution in [0, 0.1) is 0 Å². The van der Waals surface area contributed by atoms with E-state index in [1.165, 1.54) is 11.1 Å². The maximum absolute atomic E-state index is 6.21. The van der Waals surface area contributed by atoms with Crippen molar-refractivity contribution < 1.29 is 4.42 Å². The van der Waals surface area contributed by atoms with Crippen molar-refractivity contribution in [1.82, 2.24) is 15.0 Å². The zero-order chi connectivity index (χ0) is 36.6. The third-order valence-corrected chi connectivity index (χ3v) is 10.2. The zero-order valence-corrected chi connectivity index (χ0v) is 29.8. The van der Waals surface area contributed by atoms with Crippen LogP contribution in [-0.4, -0.2) is 15.0 Å². The fraction of sp³-hybridized carbons (Fsp3) is 0. The van der Waals surface area contributed by atoms with Gasteiger partial charge in [-0.25, -0.2) is 15.0 Å². The molecule has 0 N–H and O–H groups in total. The molecule has 0 aliphatic heterocycles. The molecule has 2 aromatic heterocycles. The molecule has 2 heterocycles. The third kappa shape index (κ3) is 6.36. The van der Waals surface area contributed by atoms with Gasteiger partial charge in [0, 0.05) is 27.5 Å². The molecule has 0 aliphatic rings. The Hall–Kier alpha value is -7.43. The normalized spacial score (nSPS) is 11.3. The minimum absolute atomic E-state index is 0.618. The van der Waals surface area contributed by atoms with Gasteiger partial charge in [0.15, 0.2) is 17.5 Å². The molecule has 4 nitrogen and oxygen atoms in total. The molecule has 0 radical (unpaired) electrons. The molecule has 0 fully saturated rings. The van der Waals surface area contributed by atoms with Crippen molar-refractivity contribution in [2.45, 2.75) is 0 Å². The van der Waals surface area contributed by atoms with E-state index < -0.39 is 0 Å². The summed E-state index contributed by atoms with van der Waals surface area (Å²) in [5.41, 5.74) is 13.6. The summed E-state index contributed by atoms with van der Waals surface area (Å²) in [4.78, 5) is 15.2. The molecule has 0 spiro atoms. The number of furan rings is 1. The molecule has 4 heteroatoms. The Morgan fingerprint density at radius 1 is 0.236 bits per heavy atom. The van der Waals surface area contributed by atoms with Crippen molar-refractivity contribution in [1.29, 1.82) is 0 Å². The van der Waals surface area contributed by atoms with Crippen LogP contribution in [0.25, 0.3) is 101 Å². The molecule has 10 aromatic rings. The Morgan fingerprint density at radius 3 is 1.16 bits per heavy atom. The van der Waals surface area contributed by atoms with Gasteiger partial charge in [0.2, 0.25) is 0 Å². The van der Waals surface area contributed by atoms with Crippen LogP contribution in [-0.2, 0) is 0 Å². The van der Waals surface area contributed by atoms with E-state index in [9.17, 15) is 0 Å². The van der Waals surface area contributed by atoms with Crippen LogP contribution in [0.5, 0.6) is 0 Å². The third-order valence-electron chi connectivity index (χ3n) is 10.2. The van der Waals surface area contributed by atoms with Crippen molar-refractivity contribution in [3.63, 3.8) is 0 Å². The second-order valence-electron chi connectivity index (χ2n) is 13.7. The SMILES string of the molecule is c1ccc(-c2ccc(-c3nc(-c4ccc(-c5ccccc5)cc4)nc(-c4cccc(-c5cccc(-c6ccc7c(c6)oc6ccccc67)c5)c4)n3)cc2)cc1. The summed E-state index contributed by atoms with van der Waals surface area (Å²) in [6.07, 6.45) is 0. The van der Waals surface area contributed by atoms with Crippen LogP contribution >= 0.6 is 0 Å². The first kappa shape index (κ1) is 32.2. The van der Waals surface area contributed by atoms with E-state index >= 15 is 0 Å². The largest absolute Gasteiger partial charge is 0.456 e. The summed E-state index contributed by atoms with van der Waals surface area (Å²) in [5.74, 6) is 1.87. The van der Waals surface area contributed by atoms with E-state index in [0.717, 1.165) is 72.0 Å². The first-order valence-corrected chi connectivity index (χ1v) is 18.4. The van der Waals surface area contributed by atoms with Gasteiger partial charge in [0.1, 0.15) is 11.2 Å². The Morgan fingerprint density at radius 2 is 0.600 bits per heavy atom. The molecule has 0 atom stereocenters. The maximum atomic E-state index is 6.21. The Balaban J connectivity index is 1.03. The average Bonchev–Trinajstić information content (AvgIpc) is 3.65. The number of rotatable bonds is 7. The van der Waals surface area contributed by atoms with Gasteiger partial charge in [0.05, 0.1) is 0 Å². The van der Waals surface area contributed by atoms with E-state index in [0.29, 0.717) is 17.5 Å². The molecule has 8 aromatic carbocycles. The van der Waals surface area contributed by atoms with Gasteiger partial charge in [-0.05, 0) is 74.8 Å². The molecule has 258 valence electrons. The zero-order valence-electron chi connectivity index (χ0n) is 29.8. The molecular weight excluding hydrogens is 671 g/mol. The highest BCUT2D eigenvalue weighted by Gasteiger charge is 2.15. The van der Waals surface area contributed by atoms with Crippen LogP contribution in [0.4, 0.5) is 0 Å². The maximum Gasteiger partial charge on any atom is 0.164 e. The fourth-order valence-electron chi connectivity index (χ4n) is 7.27. The number of hydrogen-bond acceptors (Lipinski definition) is 4. The minimum Gasteiger partial charge on any atom is -0.456 e. The van der Waals surface area contributed by atoms with Crippen LogP contribution in [0.15, 0.2) is 205 Å². The van der Waals surface area contributed by atoms with E-state index in [4.69, 9.17) is 19.4 Å². The predicted octanol–water partition coefficient (Wildman–Crippen LogP) is 13.4. The van der Waals surface area contributed by atoms with Crippen molar-refractivity contribution in [2.75, 3.05) is 0 Å². The molecular formula is C51H33N3O. The molecule has 10 rings (SSSR count). The number of nitrogens with zero attached hydrogens (tertiary/aromatic N) is 3. The molecule has 0 aliphatic carbocycles. The smallest absolute Gasteiger partial charge is 0.164 e. The lowest BCUT2D eigenvalue weighted by molar-refractivity contribution is 0.669. The summed E-state index contributed by atoms with van der Waals surface area (Å²) in [7, 11) is 0. The van der Waals surface area contributed by atoms with Crippen LogP contribution in [0.2, 0.25) is 0 Å². The number of hydrogen-bond donors (Lipinski definition) is 0. The first-order valence-electron chi connectivity index (χ1n) is 18.4. The van der Waals surface area contributed by atoms with Gasteiger partial charge in [-0.15, -0.1) is 0 Å². The quantitative estimate of drug-likeness (QED) is 0.166. The molecule has 0 amide bonds. The second-order valence-corrected chi connectivity index (χ2v) is 13.7. The molecule has 0 unspecified atom stereocenters. The predicted molar refractivity (Wildman–Crippen MR) is 225 cm³/mol. The molecule has 0 saturated carbocycles. The lowest BCUT2D eigenvalue weighted by Crippen LogP contribution is -2.00. The summed E-state index contributed by atoms with van der Waals surface area (Å²) < 4.78 is 6.21. The van der Waals surface area contributed by atoms with Crippen LogP contribution < -0.4 is 0 Å². The highest BCUT2D eigenvalue weighted by atomic mass is 16.3. The Labute approximate surface area is 319 Å². The fourth-order valence-corrected chi connectivity index (χ4v) is 7.27. The Bertz CT molecular complexity index is 2850. The van der Waals surface area contributed by atoms with Crippen molar-refractivity contribution in [3.8, 4) is 78.7 Å². The minimum atomic E-state index is 0.618. The lowest BCUT2D eigenvalue weighted by atomic mass is 9.97. The summed E-state index contributed by atoms with van der Waals surface area (Å²) in [5, 5.41) is 2.26. The average molecular weight is 704 g/mol.